The highest BCUT2D eigenvalue weighted by molar-refractivity contribution is 6.30. The average molecular weight is 404 g/mol. The van der Waals surface area contributed by atoms with Crippen LogP contribution in [0.5, 0.6) is 11.5 Å². The summed E-state index contributed by atoms with van der Waals surface area (Å²) < 4.78 is 6.15. The molecule has 0 amide bonds. The summed E-state index contributed by atoms with van der Waals surface area (Å²) >= 11 is 6.20. The van der Waals surface area contributed by atoms with E-state index in [1.165, 1.54) is 11.1 Å². The van der Waals surface area contributed by atoms with Crippen LogP contribution in [-0.4, -0.2) is 47.2 Å². The van der Waals surface area contributed by atoms with E-state index in [1.807, 2.05) is 18.2 Å². The number of likely N-dealkylation sites (N-methyl/N-ethyl adjacent to an activating group) is 1. The van der Waals surface area contributed by atoms with Crippen molar-refractivity contribution < 1.29 is 24.5 Å². The van der Waals surface area contributed by atoms with Gasteiger partial charge >= 0.3 is 11.9 Å². The van der Waals surface area contributed by atoms with Crippen LogP contribution in [-0.2, 0) is 9.59 Å². The van der Waals surface area contributed by atoms with Gasteiger partial charge in [-0.15, -0.1) is 0 Å². The molecule has 2 aromatic carbocycles. The Morgan fingerprint density at radius 1 is 1.00 bits per heavy atom. The Kier molecular flexibility index (Phi) is 6.21. The Morgan fingerprint density at radius 2 is 1.57 bits per heavy atom. The fraction of sp³-hybridized carbons (Fsp3) is 0.333. The van der Waals surface area contributed by atoms with Crippen molar-refractivity contribution in [2.24, 2.45) is 0 Å². The SMILES string of the molecule is CN1C[C@H]2c3ccccc3Oc3ccc(Cl)cc3[C@@H]2C1.O=C(O)CCC(=O)O. The minimum Gasteiger partial charge on any atom is -0.481 e. The number of rotatable bonds is 3. The van der Waals surface area contributed by atoms with Crippen molar-refractivity contribution in [1.82, 2.24) is 4.90 Å². The Morgan fingerprint density at radius 3 is 2.21 bits per heavy atom. The van der Waals surface area contributed by atoms with Crippen LogP contribution in [0.25, 0.3) is 0 Å². The van der Waals surface area contributed by atoms with Gasteiger partial charge in [-0.05, 0) is 36.9 Å². The summed E-state index contributed by atoms with van der Waals surface area (Å²) in [6, 6.07) is 14.4. The molecular formula is C21H22ClNO5. The standard InChI is InChI=1S/C17H16ClNO.C4H6O4/c1-19-9-14-12-4-2-3-5-16(12)20-17-7-6-11(18)8-13(17)15(14)10-19;5-3(6)1-2-4(7)8/h2-8,14-15H,9-10H2,1H3;1-2H2,(H,5,6)(H,7,8)/t14-,15-;/m0./s1. The molecule has 2 heterocycles. The lowest BCUT2D eigenvalue weighted by atomic mass is 9.84. The maximum absolute atomic E-state index is 9.64. The first-order chi connectivity index (χ1) is 13.3. The van der Waals surface area contributed by atoms with Crippen molar-refractivity contribution >= 4 is 23.5 Å². The number of para-hydroxylation sites is 1. The van der Waals surface area contributed by atoms with E-state index in [9.17, 15) is 9.59 Å². The molecule has 6 nitrogen and oxygen atoms in total. The zero-order chi connectivity index (χ0) is 20.3. The minimum absolute atomic E-state index is 0.296. The molecule has 2 aromatic rings. The number of carbonyl (C=O) groups is 2. The Labute approximate surface area is 168 Å². The van der Waals surface area contributed by atoms with Crippen LogP contribution in [0.4, 0.5) is 0 Å². The summed E-state index contributed by atoms with van der Waals surface area (Å²) in [5.41, 5.74) is 2.55. The zero-order valence-electron chi connectivity index (χ0n) is 15.5. The van der Waals surface area contributed by atoms with Gasteiger partial charge in [0.15, 0.2) is 0 Å². The summed E-state index contributed by atoms with van der Waals surface area (Å²) in [6.07, 6.45) is -0.593. The molecule has 2 atom stereocenters. The van der Waals surface area contributed by atoms with E-state index in [-0.39, 0.29) is 12.8 Å². The highest BCUT2D eigenvalue weighted by Gasteiger charge is 2.38. The number of halogens is 1. The molecule has 28 heavy (non-hydrogen) atoms. The van der Waals surface area contributed by atoms with Crippen LogP contribution < -0.4 is 4.74 Å². The van der Waals surface area contributed by atoms with Gasteiger partial charge in [-0.25, -0.2) is 0 Å². The molecule has 0 bridgehead atoms. The van der Waals surface area contributed by atoms with E-state index in [1.54, 1.807) is 0 Å². The Bertz CT molecular complexity index is 871. The molecule has 0 unspecified atom stereocenters. The van der Waals surface area contributed by atoms with Crippen LogP contribution in [0, 0.1) is 0 Å². The molecule has 4 rings (SSSR count). The number of fused-ring (bicyclic) bond motifs is 5. The first-order valence-electron chi connectivity index (χ1n) is 9.03. The second kappa shape index (κ2) is 8.63. The number of aliphatic carboxylic acids is 2. The van der Waals surface area contributed by atoms with Gasteiger partial charge in [0.25, 0.3) is 0 Å². The fourth-order valence-corrected chi connectivity index (χ4v) is 3.93. The summed E-state index contributed by atoms with van der Waals surface area (Å²) in [6.45, 7) is 2.12. The molecular weight excluding hydrogens is 382 g/mol. The predicted octanol–water partition coefficient (Wildman–Crippen LogP) is 4.19. The van der Waals surface area contributed by atoms with Gasteiger partial charge in [-0.1, -0.05) is 29.8 Å². The quantitative estimate of drug-likeness (QED) is 0.798. The molecule has 0 aliphatic carbocycles. The van der Waals surface area contributed by atoms with Gasteiger partial charge in [0.05, 0.1) is 12.8 Å². The number of carboxylic acids is 2. The normalized spacial score (nSPS) is 19.8. The highest BCUT2D eigenvalue weighted by Crippen LogP contribution is 2.49. The average Bonchev–Trinajstić information content (AvgIpc) is 2.98. The molecule has 7 heteroatoms. The summed E-state index contributed by atoms with van der Waals surface area (Å²) in [7, 11) is 2.18. The van der Waals surface area contributed by atoms with E-state index < -0.39 is 11.9 Å². The van der Waals surface area contributed by atoms with Gasteiger partial charge < -0.3 is 19.8 Å². The van der Waals surface area contributed by atoms with Gasteiger partial charge in [-0.3, -0.25) is 9.59 Å². The second-order valence-corrected chi connectivity index (χ2v) is 7.48. The number of likely N-dealkylation sites (tertiary alicyclic amines) is 1. The van der Waals surface area contributed by atoms with Crippen molar-refractivity contribution in [1.29, 1.82) is 0 Å². The zero-order valence-corrected chi connectivity index (χ0v) is 16.2. The molecule has 2 aliphatic rings. The third-order valence-electron chi connectivity index (χ3n) is 4.96. The van der Waals surface area contributed by atoms with E-state index in [0.717, 1.165) is 29.6 Å². The maximum atomic E-state index is 9.64. The number of benzene rings is 2. The fourth-order valence-electron chi connectivity index (χ4n) is 3.74. The van der Waals surface area contributed by atoms with Crippen molar-refractivity contribution in [3.63, 3.8) is 0 Å². The van der Waals surface area contributed by atoms with Crippen LogP contribution in [0.1, 0.15) is 35.8 Å². The number of nitrogens with zero attached hydrogens (tertiary/aromatic N) is 1. The largest absolute Gasteiger partial charge is 0.481 e. The number of ether oxygens (including phenoxy) is 1. The van der Waals surface area contributed by atoms with Crippen molar-refractivity contribution in [3.8, 4) is 11.5 Å². The number of carboxylic acid groups (broad SMARTS) is 2. The minimum atomic E-state index is -1.08. The first kappa shape index (κ1) is 20.2. The third-order valence-corrected chi connectivity index (χ3v) is 5.20. The van der Waals surface area contributed by atoms with Crippen LogP contribution >= 0.6 is 11.6 Å². The van der Waals surface area contributed by atoms with E-state index in [4.69, 9.17) is 26.6 Å². The summed E-state index contributed by atoms with van der Waals surface area (Å²) in [5, 5.41) is 16.6. The molecule has 1 saturated heterocycles. The smallest absolute Gasteiger partial charge is 0.303 e. The summed E-state index contributed by atoms with van der Waals surface area (Å²) in [4.78, 5) is 21.7. The van der Waals surface area contributed by atoms with Crippen molar-refractivity contribution in [2.75, 3.05) is 20.1 Å². The topological polar surface area (TPSA) is 87.1 Å². The molecule has 1 fully saturated rings. The summed E-state index contributed by atoms with van der Waals surface area (Å²) in [5.74, 6) is 0.719. The van der Waals surface area contributed by atoms with Gasteiger partial charge in [0.2, 0.25) is 0 Å². The lowest BCUT2D eigenvalue weighted by Gasteiger charge is -2.17. The molecule has 2 aliphatic heterocycles. The van der Waals surface area contributed by atoms with E-state index in [0.29, 0.717) is 11.8 Å². The number of hydrogen-bond acceptors (Lipinski definition) is 4. The van der Waals surface area contributed by atoms with Gasteiger partial charge in [-0.2, -0.15) is 0 Å². The predicted molar refractivity (Wildman–Crippen MR) is 105 cm³/mol. The van der Waals surface area contributed by atoms with Crippen molar-refractivity contribution in [3.05, 3.63) is 58.6 Å². The molecule has 0 saturated carbocycles. The lowest BCUT2D eigenvalue weighted by molar-refractivity contribution is -0.143. The molecule has 0 aromatic heterocycles. The molecule has 0 radical (unpaired) electrons. The molecule has 148 valence electrons. The second-order valence-electron chi connectivity index (χ2n) is 7.04. The lowest BCUT2D eigenvalue weighted by Crippen LogP contribution is -2.14. The van der Waals surface area contributed by atoms with Crippen LogP contribution in [0.2, 0.25) is 5.02 Å². The first-order valence-corrected chi connectivity index (χ1v) is 9.41. The van der Waals surface area contributed by atoms with E-state index in [2.05, 4.69) is 36.2 Å². The van der Waals surface area contributed by atoms with E-state index >= 15 is 0 Å². The Balaban J connectivity index is 0.000000242. The van der Waals surface area contributed by atoms with Gasteiger partial charge in [0.1, 0.15) is 11.5 Å². The molecule has 2 N–H and O–H groups in total. The van der Waals surface area contributed by atoms with Gasteiger partial charge in [0, 0.05) is 35.5 Å². The molecule has 0 spiro atoms. The van der Waals surface area contributed by atoms with Crippen LogP contribution in [0.15, 0.2) is 42.5 Å². The Hall–Kier alpha value is -2.57. The third kappa shape index (κ3) is 4.64. The highest BCUT2D eigenvalue weighted by atomic mass is 35.5. The maximum Gasteiger partial charge on any atom is 0.303 e. The van der Waals surface area contributed by atoms with Crippen molar-refractivity contribution in [2.45, 2.75) is 24.7 Å². The number of hydrogen-bond donors (Lipinski definition) is 2. The monoisotopic (exact) mass is 403 g/mol. The van der Waals surface area contributed by atoms with Crippen LogP contribution in [0.3, 0.4) is 0 Å².